The number of carbonyl (C=O) groups excluding carboxylic acids is 2. The maximum Gasteiger partial charge on any atom is 0.393 e. The van der Waals surface area contributed by atoms with E-state index in [1.54, 1.807) is 0 Å². The predicted octanol–water partition coefficient (Wildman–Crippen LogP) is 2.36. The number of nitrogens with one attached hydrogen (secondary N) is 2. The van der Waals surface area contributed by atoms with Gasteiger partial charge in [0, 0.05) is 11.8 Å². The van der Waals surface area contributed by atoms with Crippen LogP contribution in [0.25, 0.3) is 0 Å². The zero-order valence-corrected chi connectivity index (χ0v) is 11.0. The number of nitrogens with zero attached hydrogens (tertiary/aromatic N) is 1. The number of rotatable bonds is 3. The molecule has 9 heteroatoms. The van der Waals surface area contributed by atoms with Crippen LogP contribution >= 0.6 is 0 Å². The smallest absolute Gasteiger partial charge is 0.363 e. The van der Waals surface area contributed by atoms with E-state index in [-0.39, 0.29) is 17.1 Å². The summed E-state index contributed by atoms with van der Waals surface area (Å²) in [7, 11) is 0. The lowest BCUT2D eigenvalue weighted by molar-refractivity contribution is -0.133. The highest BCUT2D eigenvalue weighted by molar-refractivity contribution is 6.43. The van der Waals surface area contributed by atoms with E-state index in [0.29, 0.717) is 0 Å². The molecule has 2 rings (SSSR count). The molecule has 116 valence electrons. The molecule has 0 spiro atoms. The van der Waals surface area contributed by atoms with E-state index in [9.17, 15) is 22.8 Å². The SMILES string of the molecule is O=C(Nc1cccc(CC(F)(F)F)c1)C(=O)Nc1ccon1. The Morgan fingerprint density at radius 1 is 1.14 bits per heavy atom. The minimum Gasteiger partial charge on any atom is -0.363 e. The van der Waals surface area contributed by atoms with Crippen LogP contribution in [0.4, 0.5) is 24.7 Å². The first kappa shape index (κ1) is 15.5. The molecule has 6 nitrogen and oxygen atoms in total. The van der Waals surface area contributed by atoms with Gasteiger partial charge in [-0.3, -0.25) is 14.9 Å². The monoisotopic (exact) mass is 313 g/mol. The fourth-order valence-corrected chi connectivity index (χ4v) is 1.63. The molecule has 0 saturated carbocycles. The second-order valence-corrected chi connectivity index (χ2v) is 4.29. The van der Waals surface area contributed by atoms with Crippen LogP contribution in [-0.4, -0.2) is 23.1 Å². The molecule has 1 aromatic carbocycles. The third-order valence-electron chi connectivity index (χ3n) is 2.48. The first-order valence-corrected chi connectivity index (χ1v) is 6.02. The number of hydrogen-bond acceptors (Lipinski definition) is 4. The van der Waals surface area contributed by atoms with Crippen LogP contribution in [0.15, 0.2) is 41.1 Å². The molecule has 1 heterocycles. The number of aromatic nitrogens is 1. The van der Waals surface area contributed by atoms with Crippen molar-refractivity contribution in [2.45, 2.75) is 12.6 Å². The Hall–Kier alpha value is -2.84. The van der Waals surface area contributed by atoms with Gasteiger partial charge in [-0.05, 0) is 17.7 Å². The van der Waals surface area contributed by atoms with E-state index in [1.165, 1.54) is 30.5 Å². The van der Waals surface area contributed by atoms with Crippen LogP contribution < -0.4 is 10.6 Å². The Balaban J connectivity index is 1.99. The quantitative estimate of drug-likeness (QED) is 0.852. The molecule has 2 amide bonds. The van der Waals surface area contributed by atoms with Crippen LogP contribution in [-0.2, 0) is 16.0 Å². The van der Waals surface area contributed by atoms with Crippen LogP contribution in [0.1, 0.15) is 5.56 Å². The molecule has 0 fully saturated rings. The lowest BCUT2D eigenvalue weighted by Crippen LogP contribution is -2.29. The summed E-state index contributed by atoms with van der Waals surface area (Å²) >= 11 is 0. The fourth-order valence-electron chi connectivity index (χ4n) is 1.63. The highest BCUT2D eigenvalue weighted by Crippen LogP contribution is 2.22. The summed E-state index contributed by atoms with van der Waals surface area (Å²) in [5, 5.41) is 7.75. The average molecular weight is 313 g/mol. The number of carbonyl (C=O) groups is 2. The lowest BCUT2D eigenvalue weighted by Gasteiger charge is -2.09. The molecule has 1 aromatic heterocycles. The zero-order chi connectivity index (χ0) is 16.2. The average Bonchev–Trinajstić information content (AvgIpc) is 2.89. The molecule has 0 atom stereocenters. The van der Waals surface area contributed by atoms with E-state index in [1.807, 2.05) is 0 Å². The van der Waals surface area contributed by atoms with Gasteiger partial charge in [0.05, 0.1) is 6.42 Å². The van der Waals surface area contributed by atoms with Crippen LogP contribution in [0.3, 0.4) is 0 Å². The molecule has 0 aliphatic carbocycles. The molecular formula is C13H10F3N3O3. The molecule has 2 N–H and O–H groups in total. The van der Waals surface area contributed by atoms with Crippen molar-refractivity contribution in [1.29, 1.82) is 0 Å². The Morgan fingerprint density at radius 3 is 2.50 bits per heavy atom. The van der Waals surface area contributed by atoms with Crippen LogP contribution in [0.2, 0.25) is 0 Å². The third-order valence-corrected chi connectivity index (χ3v) is 2.48. The summed E-state index contributed by atoms with van der Waals surface area (Å²) in [6.07, 6.45) is -4.27. The van der Waals surface area contributed by atoms with Crippen molar-refractivity contribution in [2.24, 2.45) is 0 Å². The van der Waals surface area contributed by atoms with Crippen molar-refractivity contribution >= 4 is 23.3 Å². The van der Waals surface area contributed by atoms with E-state index >= 15 is 0 Å². The van der Waals surface area contributed by atoms with E-state index in [4.69, 9.17) is 0 Å². The molecule has 0 bridgehead atoms. The number of alkyl halides is 3. The van der Waals surface area contributed by atoms with Crippen molar-refractivity contribution in [2.75, 3.05) is 10.6 Å². The molecule has 22 heavy (non-hydrogen) atoms. The van der Waals surface area contributed by atoms with Gasteiger partial charge in [0.2, 0.25) is 0 Å². The van der Waals surface area contributed by atoms with Gasteiger partial charge in [0.15, 0.2) is 5.82 Å². The van der Waals surface area contributed by atoms with Crippen molar-refractivity contribution < 1.29 is 27.3 Å². The Morgan fingerprint density at radius 2 is 1.86 bits per heavy atom. The van der Waals surface area contributed by atoms with Gasteiger partial charge in [0.25, 0.3) is 0 Å². The standard InChI is InChI=1S/C13H10F3N3O3/c14-13(15,16)7-8-2-1-3-9(6-8)17-11(20)12(21)18-10-4-5-22-19-10/h1-6H,7H2,(H,17,20)(H,18,19,21). The Bertz CT molecular complexity index is 669. The second kappa shape index (κ2) is 6.29. The highest BCUT2D eigenvalue weighted by atomic mass is 19.4. The first-order chi connectivity index (χ1) is 10.3. The second-order valence-electron chi connectivity index (χ2n) is 4.29. The molecule has 0 unspecified atom stereocenters. The van der Waals surface area contributed by atoms with Gasteiger partial charge in [-0.15, -0.1) is 0 Å². The first-order valence-electron chi connectivity index (χ1n) is 6.02. The normalized spacial score (nSPS) is 11.0. The molecule has 0 aliphatic heterocycles. The minimum absolute atomic E-state index is 0.0257. The molecular weight excluding hydrogens is 303 g/mol. The molecule has 0 aliphatic rings. The van der Waals surface area contributed by atoms with Crippen LogP contribution in [0, 0.1) is 0 Å². The van der Waals surface area contributed by atoms with Crippen molar-refractivity contribution in [3.05, 3.63) is 42.2 Å². The minimum atomic E-state index is -4.35. The summed E-state index contributed by atoms with van der Waals surface area (Å²) < 4.78 is 41.4. The number of benzene rings is 1. The van der Waals surface area contributed by atoms with Crippen molar-refractivity contribution in [3.63, 3.8) is 0 Å². The van der Waals surface area contributed by atoms with Gasteiger partial charge in [-0.25, -0.2) is 0 Å². The molecule has 2 aromatic rings. The molecule has 0 saturated heterocycles. The summed E-state index contributed by atoms with van der Waals surface area (Å²) in [6.45, 7) is 0. The van der Waals surface area contributed by atoms with Gasteiger partial charge >= 0.3 is 18.0 Å². The topological polar surface area (TPSA) is 84.2 Å². The fraction of sp³-hybridized carbons (Fsp3) is 0.154. The van der Waals surface area contributed by atoms with E-state index in [2.05, 4.69) is 20.3 Å². The largest absolute Gasteiger partial charge is 0.393 e. The highest BCUT2D eigenvalue weighted by Gasteiger charge is 2.27. The zero-order valence-electron chi connectivity index (χ0n) is 11.0. The number of hydrogen-bond donors (Lipinski definition) is 2. The van der Waals surface area contributed by atoms with Crippen molar-refractivity contribution in [1.82, 2.24) is 5.16 Å². The maximum absolute atomic E-state index is 12.3. The summed E-state index contributed by atoms with van der Waals surface area (Å²) in [5.41, 5.74) is 0.0595. The Labute approximate surface area is 122 Å². The maximum atomic E-state index is 12.3. The summed E-state index contributed by atoms with van der Waals surface area (Å²) in [5.74, 6) is -2.01. The molecule has 0 radical (unpaired) electrons. The van der Waals surface area contributed by atoms with Gasteiger partial charge in [0.1, 0.15) is 6.26 Å². The summed E-state index contributed by atoms with van der Waals surface area (Å²) in [6, 6.07) is 6.48. The van der Waals surface area contributed by atoms with Gasteiger partial charge < -0.3 is 9.84 Å². The predicted molar refractivity (Wildman–Crippen MR) is 70.0 cm³/mol. The van der Waals surface area contributed by atoms with Gasteiger partial charge in [-0.1, -0.05) is 17.3 Å². The number of anilines is 2. The van der Waals surface area contributed by atoms with E-state index < -0.39 is 24.4 Å². The lowest BCUT2D eigenvalue weighted by atomic mass is 10.1. The third kappa shape index (κ3) is 4.62. The Kier molecular flexibility index (Phi) is 4.44. The van der Waals surface area contributed by atoms with E-state index in [0.717, 1.165) is 6.07 Å². The number of halogens is 3. The van der Waals surface area contributed by atoms with Crippen molar-refractivity contribution in [3.8, 4) is 0 Å². The summed E-state index contributed by atoms with van der Waals surface area (Å²) in [4.78, 5) is 23.2. The van der Waals surface area contributed by atoms with Crippen LogP contribution in [0.5, 0.6) is 0 Å². The number of amides is 2. The van der Waals surface area contributed by atoms with Gasteiger partial charge in [-0.2, -0.15) is 13.2 Å².